The summed E-state index contributed by atoms with van der Waals surface area (Å²) in [5.41, 5.74) is 17.4. The Kier molecular flexibility index (Phi) is 8.42. The van der Waals surface area contributed by atoms with Crippen molar-refractivity contribution in [3.05, 3.63) is 229 Å². The largest absolute Gasteiger partial charge is 0.456 e. The molecule has 0 bridgehead atoms. The highest BCUT2D eigenvalue weighted by Crippen LogP contribution is 2.62. The van der Waals surface area contributed by atoms with E-state index in [9.17, 15) is 0 Å². The minimum absolute atomic E-state index is 0.246. The molecule has 13 rings (SSSR count). The molecule has 1 fully saturated rings. The number of aromatic nitrogens is 1. The summed E-state index contributed by atoms with van der Waals surface area (Å²) in [4.78, 5) is 0. The molecule has 0 aliphatic heterocycles. The molecule has 4 heteroatoms. The summed E-state index contributed by atoms with van der Waals surface area (Å²) in [6.07, 6.45) is 1.86. The lowest BCUT2D eigenvalue weighted by Crippen LogP contribution is -2.03. The van der Waals surface area contributed by atoms with Gasteiger partial charge in [0.1, 0.15) is 11.2 Å². The van der Waals surface area contributed by atoms with Gasteiger partial charge in [0.05, 0.1) is 29.3 Å². The number of furan rings is 1. The maximum Gasteiger partial charge on any atom is 0.137 e. The van der Waals surface area contributed by atoms with Crippen LogP contribution >= 0.6 is 0 Å². The first-order chi connectivity index (χ1) is 31.6. The minimum atomic E-state index is -0.246. The van der Waals surface area contributed by atoms with Gasteiger partial charge >= 0.3 is 0 Å². The van der Waals surface area contributed by atoms with Crippen molar-refractivity contribution < 1.29 is 4.42 Å². The van der Waals surface area contributed by atoms with E-state index >= 15 is 0 Å². The zero-order chi connectivity index (χ0) is 42.3. The van der Waals surface area contributed by atoms with Crippen molar-refractivity contribution in [3.8, 4) is 27.9 Å². The third kappa shape index (κ3) is 6.05. The van der Waals surface area contributed by atoms with Gasteiger partial charge in [-0.15, -0.1) is 0 Å². The van der Waals surface area contributed by atoms with Crippen LogP contribution < -0.4 is 0 Å². The number of azo groups is 1. The second kappa shape index (κ2) is 14.6. The lowest BCUT2D eigenvalue weighted by Gasteiger charge is -2.22. The van der Waals surface area contributed by atoms with Gasteiger partial charge in [-0.2, -0.15) is 10.2 Å². The van der Waals surface area contributed by atoms with Gasteiger partial charge in [0.25, 0.3) is 0 Å². The Bertz CT molecular complexity index is 3700. The zero-order valence-corrected chi connectivity index (χ0v) is 35.3. The van der Waals surface area contributed by atoms with Gasteiger partial charge < -0.3 is 8.98 Å². The Morgan fingerprint density at radius 2 is 1.30 bits per heavy atom. The van der Waals surface area contributed by atoms with E-state index in [0.29, 0.717) is 24.8 Å². The first-order valence-electron chi connectivity index (χ1n) is 22.4. The van der Waals surface area contributed by atoms with Gasteiger partial charge in [-0.1, -0.05) is 152 Å². The highest BCUT2D eigenvalue weighted by Gasteiger charge is 2.45. The molecule has 3 atom stereocenters. The van der Waals surface area contributed by atoms with Crippen LogP contribution in [0.3, 0.4) is 0 Å². The molecule has 0 amide bonds. The molecule has 2 aliphatic rings. The maximum atomic E-state index is 6.57. The Hall–Kier alpha value is -7.82. The van der Waals surface area contributed by atoms with E-state index in [-0.39, 0.29) is 6.04 Å². The highest BCUT2D eigenvalue weighted by molar-refractivity contribution is 6.14. The van der Waals surface area contributed by atoms with Crippen molar-refractivity contribution in [3.63, 3.8) is 0 Å². The summed E-state index contributed by atoms with van der Waals surface area (Å²) in [6.45, 7) is 5.09. The molecule has 0 spiro atoms. The molecule has 0 saturated heterocycles. The third-order valence-electron chi connectivity index (χ3n) is 13.9. The Labute approximate surface area is 371 Å². The van der Waals surface area contributed by atoms with Crippen LogP contribution in [-0.2, 0) is 6.54 Å². The summed E-state index contributed by atoms with van der Waals surface area (Å²) < 4.78 is 8.97. The molecule has 2 unspecified atom stereocenters. The molecule has 2 aliphatic carbocycles. The van der Waals surface area contributed by atoms with Crippen LogP contribution in [0.2, 0.25) is 0 Å². The topological polar surface area (TPSA) is 42.8 Å². The smallest absolute Gasteiger partial charge is 0.137 e. The average molecular weight is 822 g/mol. The maximum absolute atomic E-state index is 6.57. The number of benzene rings is 9. The van der Waals surface area contributed by atoms with Gasteiger partial charge in [0, 0.05) is 39.6 Å². The van der Waals surface area contributed by atoms with Crippen molar-refractivity contribution in [2.24, 2.45) is 10.2 Å². The van der Waals surface area contributed by atoms with Gasteiger partial charge in [-0.25, -0.2) is 0 Å². The van der Waals surface area contributed by atoms with Crippen LogP contribution in [0.15, 0.2) is 215 Å². The van der Waals surface area contributed by atoms with E-state index in [0.717, 1.165) is 60.9 Å². The van der Waals surface area contributed by atoms with Crippen LogP contribution in [-0.4, -0.2) is 4.57 Å². The number of rotatable bonds is 9. The van der Waals surface area contributed by atoms with E-state index in [2.05, 4.69) is 187 Å². The van der Waals surface area contributed by atoms with Crippen LogP contribution in [0.4, 0.5) is 0 Å². The zero-order valence-electron chi connectivity index (χ0n) is 35.3. The van der Waals surface area contributed by atoms with Crippen LogP contribution in [0.1, 0.15) is 58.5 Å². The number of para-hydroxylation sites is 2. The fraction of sp³-hybridized carbons (Fsp3) is 0.100. The van der Waals surface area contributed by atoms with E-state index in [1.807, 2.05) is 12.1 Å². The fourth-order valence-corrected chi connectivity index (χ4v) is 10.7. The second-order valence-corrected chi connectivity index (χ2v) is 17.7. The summed E-state index contributed by atoms with van der Waals surface area (Å²) in [7, 11) is 0. The van der Waals surface area contributed by atoms with E-state index in [4.69, 9.17) is 21.2 Å². The SMILES string of the molecule is C=C(C[C@@H](N=NCc1cc2c(cc1-n1c3ccccc3c3cc4ccccc4cc31)oc1ccccc12)c1ccc2c(c1)-c1ccccc1C1CC21)c1cccc(-c2ccccc2)c1. The van der Waals surface area contributed by atoms with Gasteiger partial charge in [0.2, 0.25) is 0 Å². The molecule has 2 aromatic heterocycles. The third-order valence-corrected chi connectivity index (χ3v) is 13.9. The summed E-state index contributed by atoms with van der Waals surface area (Å²) in [6, 6.07) is 69.9. The van der Waals surface area contributed by atoms with E-state index in [1.54, 1.807) is 0 Å². The quantitative estimate of drug-likeness (QED) is 0.134. The summed E-state index contributed by atoms with van der Waals surface area (Å²) >= 11 is 0. The van der Waals surface area contributed by atoms with Crippen molar-refractivity contribution in [1.82, 2.24) is 4.57 Å². The first-order valence-corrected chi connectivity index (χ1v) is 22.4. The van der Waals surface area contributed by atoms with Crippen LogP contribution in [0, 0.1) is 0 Å². The minimum Gasteiger partial charge on any atom is -0.456 e. The van der Waals surface area contributed by atoms with Crippen molar-refractivity contribution in [1.29, 1.82) is 0 Å². The molecule has 0 N–H and O–H groups in total. The fourth-order valence-electron chi connectivity index (χ4n) is 10.7. The molecule has 9 aromatic carbocycles. The Morgan fingerprint density at radius 1 is 0.562 bits per heavy atom. The number of hydrogen-bond donors (Lipinski definition) is 0. The standard InChI is InChI=1S/C60H43N3O/c1-37(39-18-13-19-40(29-39)38-14-3-2-4-15-38)28-55(43-26-27-47-50(31-43)45-20-7-8-21-46(45)51-34-52(47)51)62-61-36-44-32-54-49-23-10-12-25-59(49)64-60(54)35-57(44)63-56-24-11-9-22-48(56)53-30-41-16-5-6-17-42(41)33-58(53)63/h2-27,29-33,35,51-52,55H,1,28,34,36H2/t51?,52?,55-/m1/s1. The molecule has 1 saturated carbocycles. The second-order valence-electron chi connectivity index (χ2n) is 17.7. The summed E-state index contributed by atoms with van der Waals surface area (Å²) in [5, 5.41) is 17.5. The predicted molar refractivity (Wildman–Crippen MR) is 264 cm³/mol. The summed E-state index contributed by atoms with van der Waals surface area (Å²) in [5.74, 6) is 1.23. The van der Waals surface area contributed by atoms with Crippen LogP contribution in [0.5, 0.6) is 0 Å². The lowest BCUT2D eigenvalue weighted by atomic mass is 9.83. The van der Waals surface area contributed by atoms with Crippen LogP contribution in [0.25, 0.3) is 88.0 Å². The predicted octanol–water partition coefficient (Wildman–Crippen LogP) is 16.6. The molecule has 304 valence electrons. The molecular formula is C60H43N3O. The first kappa shape index (κ1) is 36.8. The van der Waals surface area contributed by atoms with E-state index in [1.165, 1.54) is 61.3 Å². The molecular weight excluding hydrogens is 779 g/mol. The number of hydrogen-bond acceptors (Lipinski definition) is 3. The van der Waals surface area contributed by atoms with Crippen molar-refractivity contribution >= 4 is 60.1 Å². The Morgan fingerprint density at radius 3 is 2.19 bits per heavy atom. The molecule has 0 radical (unpaired) electrons. The van der Waals surface area contributed by atoms with Gasteiger partial charge in [-0.05, 0) is 122 Å². The van der Waals surface area contributed by atoms with Crippen molar-refractivity contribution in [2.45, 2.75) is 37.3 Å². The monoisotopic (exact) mass is 821 g/mol. The van der Waals surface area contributed by atoms with Gasteiger partial charge in [-0.3, -0.25) is 0 Å². The average Bonchev–Trinajstić information content (AvgIpc) is 4.00. The lowest BCUT2D eigenvalue weighted by molar-refractivity contribution is 0.667. The molecule has 4 nitrogen and oxygen atoms in total. The van der Waals surface area contributed by atoms with Gasteiger partial charge in [0.15, 0.2) is 0 Å². The number of nitrogens with zero attached hydrogens (tertiary/aromatic N) is 3. The van der Waals surface area contributed by atoms with E-state index < -0.39 is 0 Å². The number of fused-ring (bicyclic) bond motifs is 13. The van der Waals surface area contributed by atoms with Crippen molar-refractivity contribution in [2.75, 3.05) is 0 Å². The normalized spacial score (nSPS) is 15.8. The molecule has 64 heavy (non-hydrogen) atoms. The Balaban J connectivity index is 0.946. The highest BCUT2D eigenvalue weighted by atomic mass is 16.3. The molecule has 11 aromatic rings. The molecule has 2 heterocycles.